The molecule has 2 heterocycles. The molecule has 170 valence electrons. The molecule has 3 N–H and O–H groups in total. The SMILES string of the molecule is CC1CN(c2ccc3cc(NC4CCC(N)CC4)ccc3n2)CC(C)N1CC(F)(F)F. The lowest BCUT2D eigenvalue weighted by atomic mass is 9.91. The molecule has 0 spiro atoms. The summed E-state index contributed by atoms with van der Waals surface area (Å²) in [4.78, 5) is 8.44. The van der Waals surface area contributed by atoms with E-state index in [1.165, 1.54) is 4.90 Å². The molecule has 31 heavy (non-hydrogen) atoms. The van der Waals surface area contributed by atoms with Crippen LogP contribution in [0.3, 0.4) is 0 Å². The number of benzene rings is 1. The predicted octanol–water partition coefficient (Wildman–Crippen LogP) is 4.38. The van der Waals surface area contributed by atoms with Gasteiger partial charge in [-0.1, -0.05) is 0 Å². The van der Waals surface area contributed by atoms with Gasteiger partial charge in [-0.25, -0.2) is 4.98 Å². The van der Waals surface area contributed by atoms with Gasteiger partial charge in [0.05, 0.1) is 12.1 Å². The van der Waals surface area contributed by atoms with Gasteiger partial charge in [0, 0.05) is 48.3 Å². The van der Waals surface area contributed by atoms with Crippen molar-refractivity contribution in [2.24, 2.45) is 5.73 Å². The highest BCUT2D eigenvalue weighted by atomic mass is 19.4. The maximum atomic E-state index is 12.9. The lowest BCUT2D eigenvalue weighted by molar-refractivity contribution is -0.156. The molecule has 2 aliphatic rings. The second-order valence-corrected chi connectivity index (χ2v) is 9.22. The van der Waals surface area contributed by atoms with Gasteiger partial charge >= 0.3 is 6.18 Å². The van der Waals surface area contributed by atoms with Crippen LogP contribution in [-0.2, 0) is 0 Å². The number of hydrogen-bond donors (Lipinski definition) is 2. The van der Waals surface area contributed by atoms with Crippen molar-refractivity contribution >= 4 is 22.4 Å². The average Bonchev–Trinajstić information content (AvgIpc) is 2.71. The zero-order chi connectivity index (χ0) is 22.2. The number of pyridine rings is 1. The zero-order valence-corrected chi connectivity index (χ0v) is 18.2. The molecule has 0 radical (unpaired) electrons. The van der Waals surface area contributed by atoms with Crippen LogP contribution in [0.15, 0.2) is 30.3 Å². The number of nitrogens with one attached hydrogen (secondary N) is 1. The van der Waals surface area contributed by atoms with Crippen LogP contribution in [0.2, 0.25) is 0 Å². The zero-order valence-electron chi connectivity index (χ0n) is 18.2. The Morgan fingerprint density at radius 3 is 2.35 bits per heavy atom. The second-order valence-electron chi connectivity index (χ2n) is 9.22. The highest BCUT2D eigenvalue weighted by molar-refractivity contribution is 5.84. The van der Waals surface area contributed by atoms with Gasteiger partial charge < -0.3 is 16.0 Å². The number of aromatic nitrogens is 1. The highest BCUT2D eigenvalue weighted by Gasteiger charge is 2.38. The predicted molar refractivity (Wildman–Crippen MR) is 119 cm³/mol. The van der Waals surface area contributed by atoms with Crippen molar-refractivity contribution in [2.45, 2.75) is 69.9 Å². The summed E-state index contributed by atoms with van der Waals surface area (Å²) in [5, 5.41) is 4.67. The minimum atomic E-state index is -4.18. The first kappa shape index (κ1) is 22.1. The quantitative estimate of drug-likeness (QED) is 0.747. The van der Waals surface area contributed by atoms with Crippen molar-refractivity contribution in [3.63, 3.8) is 0 Å². The summed E-state index contributed by atoms with van der Waals surface area (Å²) < 4.78 is 38.7. The van der Waals surface area contributed by atoms with Gasteiger partial charge in [0.25, 0.3) is 0 Å². The molecule has 1 aromatic carbocycles. The van der Waals surface area contributed by atoms with Gasteiger partial charge in [-0.2, -0.15) is 13.2 Å². The van der Waals surface area contributed by atoms with Crippen LogP contribution >= 0.6 is 0 Å². The molecule has 8 heteroatoms. The third-order valence-corrected chi connectivity index (χ3v) is 6.60. The summed E-state index contributed by atoms with van der Waals surface area (Å²) in [6.07, 6.45) is 0.119. The van der Waals surface area contributed by atoms with E-state index in [1.807, 2.05) is 26.0 Å². The molecule has 2 fully saturated rings. The van der Waals surface area contributed by atoms with Gasteiger partial charge in [0.15, 0.2) is 0 Å². The molecule has 5 nitrogen and oxygen atoms in total. The van der Waals surface area contributed by atoms with E-state index in [2.05, 4.69) is 28.4 Å². The van der Waals surface area contributed by atoms with Crippen molar-refractivity contribution in [3.05, 3.63) is 30.3 Å². The summed E-state index contributed by atoms with van der Waals surface area (Å²) in [7, 11) is 0. The summed E-state index contributed by atoms with van der Waals surface area (Å²) in [6, 6.07) is 10.6. The Kier molecular flexibility index (Phi) is 6.30. The molecule has 1 saturated heterocycles. The molecule has 0 bridgehead atoms. The fraction of sp³-hybridized carbons (Fsp3) is 0.609. The van der Waals surface area contributed by atoms with Gasteiger partial charge in [0.1, 0.15) is 5.82 Å². The monoisotopic (exact) mass is 435 g/mol. The van der Waals surface area contributed by atoms with E-state index in [0.29, 0.717) is 25.2 Å². The average molecular weight is 436 g/mol. The Morgan fingerprint density at radius 1 is 1.03 bits per heavy atom. The first-order valence-corrected chi connectivity index (χ1v) is 11.2. The molecular formula is C23H32F3N5. The largest absolute Gasteiger partial charge is 0.401 e. The summed E-state index contributed by atoms with van der Waals surface area (Å²) in [6.45, 7) is 3.90. The van der Waals surface area contributed by atoms with Gasteiger partial charge in [-0.05, 0) is 69.9 Å². The third-order valence-electron chi connectivity index (χ3n) is 6.60. The Labute approximate surface area is 181 Å². The van der Waals surface area contributed by atoms with Gasteiger partial charge in [0.2, 0.25) is 0 Å². The number of fused-ring (bicyclic) bond motifs is 1. The van der Waals surface area contributed by atoms with Crippen molar-refractivity contribution in [1.82, 2.24) is 9.88 Å². The number of nitrogens with zero attached hydrogens (tertiary/aromatic N) is 3. The Morgan fingerprint density at radius 2 is 1.71 bits per heavy atom. The molecule has 1 aromatic heterocycles. The molecule has 1 aliphatic heterocycles. The number of nitrogens with two attached hydrogens (primary N) is 1. The van der Waals surface area contributed by atoms with E-state index in [4.69, 9.17) is 10.7 Å². The van der Waals surface area contributed by atoms with Gasteiger partial charge in [-0.15, -0.1) is 0 Å². The van der Waals surface area contributed by atoms with E-state index in [-0.39, 0.29) is 12.1 Å². The maximum Gasteiger partial charge on any atom is 0.401 e. The minimum Gasteiger partial charge on any atom is -0.382 e. The second kappa shape index (κ2) is 8.82. The first-order valence-electron chi connectivity index (χ1n) is 11.2. The van der Waals surface area contributed by atoms with Crippen LogP contribution in [0, 0.1) is 0 Å². The number of alkyl halides is 3. The maximum absolute atomic E-state index is 12.9. The van der Waals surface area contributed by atoms with E-state index in [1.54, 1.807) is 0 Å². The van der Waals surface area contributed by atoms with Crippen molar-refractivity contribution in [1.29, 1.82) is 0 Å². The standard InChI is InChI=1S/C23H32F3N5/c1-15-12-30(13-16(2)31(15)14-23(24,25)26)22-10-3-17-11-20(8-9-21(17)29-22)28-19-6-4-18(27)5-7-19/h3,8-11,15-16,18-19,28H,4-7,12-14,27H2,1-2H3. The van der Waals surface area contributed by atoms with Crippen LogP contribution in [0.5, 0.6) is 0 Å². The van der Waals surface area contributed by atoms with Crippen molar-refractivity contribution in [2.75, 3.05) is 29.9 Å². The topological polar surface area (TPSA) is 57.4 Å². The molecule has 0 amide bonds. The summed E-state index contributed by atoms with van der Waals surface area (Å²) in [5.74, 6) is 0.819. The number of halogens is 3. The number of rotatable bonds is 4. The number of anilines is 2. The van der Waals surface area contributed by atoms with Crippen LogP contribution in [-0.4, -0.2) is 59.9 Å². The molecule has 4 rings (SSSR count). The molecule has 2 unspecified atom stereocenters. The van der Waals surface area contributed by atoms with E-state index in [0.717, 1.165) is 48.1 Å². The first-order chi connectivity index (χ1) is 14.7. The highest BCUT2D eigenvalue weighted by Crippen LogP contribution is 2.28. The summed E-state index contributed by atoms with van der Waals surface area (Å²) in [5.41, 5.74) is 7.98. The summed E-state index contributed by atoms with van der Waals surface area (Å²) >= 11 is 0. The fourth-order valence-electron chi connectivity index (χ4n) is 4.94. The van der Waals surface area contributed by atoms with Crippen LogP contribution < -0.4 is 16.0 Å². The Hall–Kier alpha value is -2.06. The van der Waals surface area contributed by atoms with Crippen molar-refractivity contribution < 1.29 is 13.2 Å². The Balaban J connectivity index is 1.44. The number of piperazine rings is 1. The molecule has 1 aliphatic carbocycles. The fourth-order valence-corrected chi connectivity index (χ4v) is 4.94. The van der Waals surface area contributed by atoms with E-state index in [9.17, 15) is 13.2 Å². The lowest BCUT2D eigenvalue weighted by Crippen LogP contribution is -2.59. The molecule has 2 aromatic rings. The van der Waals surface area contributed by atoms with Crippen LogP contribution in [0.1, 0.15) is 39.5 Å². The van der Waals surface area contributed by atoms with Crippen LogP contribution in [0.4, 0.5) is 24.7 Å². The normalized spacial score (nSPS) is 28.1. The van der Waals surface area contributed by atoms with Gasteiger partial charge in [-0.3, -0.25) is 4.90 Å². The third kappa shape index (κ3) is 5.41. The Bertz CT molecular complexity index is 882. The molecule has 1 saturated carbocycles. The van der Waals surface area contributed by atoms with Crippen LogP contribution in [0.25, 0.3) is 10.9 Å². The van der Waals surface area contributed by atoms with E-state index >= 15 is 0 Å². The van der Waals surface area contributed by atoms with Crippen molar-refractivity contribution in [3.8, 4) is 0 Å². The smallest absolute Gasteiger partial charge is 0.382 e. The molecular weight excluding hydrogens is 403 g/mol. The molecule has 2 atom stereocenters. The minimum absolute atomic E-state index is 0.196. The van der Waals surface area contributed by atoms with E-state index < -0.39 is 12.7 Å². The lowest BCUT2D eigenvalue weighted by Gasteiger charge is -2.45. The number of hydrogen-bond acceptors (Lipinski definition) is 5.